The predicted octanol–water partition coefficient (Wildman–Crippen LogP) is 1.83. The molecule has 0 radical (unpaired) electrons. The summed E-state index contributed by atoms with van der Waals surface area (Å²) in [6, 6.07) is 3.64. The molecule has 1 aliphatic rings. The van der Waals surface area contributed by atoms with Gasteiger partial charge in [-0.1, -0.05) is 0 Å². The molecule has 0 saturated carbocycles. The number of aryl methyl sites for hydroxylation is 1. The summed E-state index contributed by atoms with van der Waals surface area (Å²) in [4.78, 5) is 10.7. The lowest BCUT2D eigenvalue weighted by Gasteiger charge is -2.18. The van der Waals surface area contributed by atoms with Gasteiger partial charge in [0.1, 0.15) is 11.5 Å². The van der Waals surface area contributed by atoms with E-state index >= 15 is 0 Å². The minimum absolute atomic E-state index is 0.549. The molecule has 1 heterocycles. The van der Waals surface area contributed by atoms with Crippen LogP contribution in [0.25, 0.3) is 0 Å². The number of methoxy groups -OCH3 is 1. The van der Waals surface area contributed by atoms with E-state index in [1.54, 1.807) is 13.2 Å². The summed E-state index contributed by atoms with van der Waals surface area (Å²) in [6.07, 6.45) is 2.80. The minimum atomic E-state index is 0.549. The molecule has 1 aliphatic heterocycles. The zero-order chi connectivity index (χ0) is 9.97. The van der Waals surface area contributed by atoms with Crippen molar-refractivity contribution in [1.82, 2.24) is 0 Å². The first-order chi connectivity index (χ1) is 6.85. The number of ether oxygens (including phenoxy) is 2. The van der Waals surface area contributed by atoms with E-state index in [4.69, 9.17) is 9.47 Å². The number of fused-ring (bicyclic) bond motifs is 1. The van der Waals surface area contributed by atoms with E-state index in [2.05, 4.69) is 0 Å². The van der Waals surface area contributed by atoms with Crippen molar-refractivity contribution in [3.8, 4) is 11.5 Å². The van der Waals surface area contributed by atoms with Crippen LogP contribution in [0.5, 0.6) is 11.5 Å². The molecule has 3 nitrogen and oxygen atoms in total. The number of hydrogen-bond acceptors (Lipinski definition) is 3. The predicted molar refractivity (Wildman–Crippen MR) is 52.2 cm³/mol. The molecule has 1 aromatic rings. The molecule has 0 atom stereocenters. The van der Waals surface area contributed by atoms with E-state index in [-0.39, 0.29) is 0 Å². The molecule has 3 heteroatoms. The van der Waals surface area contributed by atoms with Gasteiger partial charge < -0.3 is 9.47 Å². The van der Waals surface area contributed by atoms with Crippen LogP contribution in [0.15, 0.2) is 12.1 Å². The largest absolute Gasteiger partial charge is 0.496 e. The molecule has 0 fully saturated rings. The van der Waals surface area contributed by atoms with Gasteiger partial charge in [-0.3, -0.25) is 4.79 Å². The Labute approximate surface area is 82.6 Å². The van der Waals surface area contributed by atoms with E-state index in [0.29, 0.717) is 11.3 Å². The van der Waals surface area contributed by atoms with Crippen LogP contribution >= 0.6 is 0 Å². The SMILES string of the molecule is COc1cc2c(cc1C=O)OCCC2. The van der Waals surface area contributed by atoms with Crippen LogP contribution in [-0.4, -0.2) is 20.0 Å². The quantitative estimate of drug-likeness (QED) is 0.670. The lowest BCUT2D eigenvalue weighted by Crippen LogP contribution is -2.09. The van der Waals surface area contributed by atoms with Crippen LogP contribution in [-0.2, 0) is 6.42 Å². The standard InChI is InChI=1S/C11H12O3/c1-13-10-5-8-3-2-4-14-11(8)6-9(10)7-12/h5-7H,2-4H2,1H3. The zero-order valence-electron chi connectivity index (χ0n) is 8.08. The van der Waals surface area contributed by atoms with E-state index in [0.717, 1.165) is 37.0 Å². The monoisotopic (exact) mass is 192 g/mol. The molecule has 0 bridgehead atoms. The van der Waals surface area contributed by atoms with Crippen LogP contribution in [0.3, 0.4) is 0 Å². The average Bonchev–Trinajstić information content (AvgIpc) is 2.27. The summed E-state index contributed by atoms with van der Waals surface area (Å²) in [6.45, 7) is 0.734. The van der Waals surface area contributed by atoms with Gasteiger partial charge in [-0.15, -0.1) is 0 Å². The smallest absolute Gasteiger partial charge is 0.153 e. The van der Waals surface area contributed by atoms with Gasteiger partial charge in [0.05, 0.1) is 19.3 Å². The molecule has 0 aliphatic carbocycles. The number of carbonyl (C=O) groups excluding carboxylic acids is 1. The fraction of sp³-hybridized carbons (Fsp3) is 0.364. The summed E-state index contributed by atoms with van der Waals surface area (Å²) < 4.78 is 10.6. The van der Waals surface area contributed by atoms with Gasteiger partial charge in [0.25, 0.3) is 0 Å². The van der Waals surface area contributed by atoms with Crippen molar-refractivity contribution >= 4 is 6.29 Å². The maximum absolute atomic E-state index is 10.7. The Bertz CT molecular complexity index is 358. The maximum atomic E-state index is 10.7. The van der Waals surface area contributed by atoms with Crippen LogP contribution in [0.1, 0.15) is 22.3 Å². The highest BCUT2D eigenvalue weighted by Crippen LogP contribution is 2.31. The Hall–Kier alpha value is -1.51. The first-order valence-electron chi connectivity index (χ1n) is 4.64. The van der Waals surface area contributed by atoms with Gasteiger partial charge in [-0.25, -0.2) is 0 Å². The number of hydrogen-bond donors (Lipinski definition) is 0. The molecule has 0 saturated heterocycles. The van der Waals surface area contributed by atoms with E-state index in [9.17, 15) is 4.79 Å². The highest BCUT2D eigenvalue weighted by Gasteiger charge is 2.14. The second kappa shape index (κ2) is 3.70. The first kappa shape index (κ1) is 9.06. The molecule has 0 N–H and O–H groups in total. The fourth-order valence-corrected chi connectivity index (χ4v) is 1.66. The second-order valence-corrected chi connectivity index (χ2v) is 3.27. The molecular formula is C11H12O3. The minimum Gasteiger partial charge on any atom is -0.496 e. The normalized spacial score (nSPS) is 14.1. The van der Waals surface area contributed by atoms with Crippen molar-refractivity contribution in [2.24, 2.45) is 0 Å². The molecule has 74 valence electrons. The third-order valence-electron chi connectivity index (χ3n) is 2.39. The van der Waals surface area contributed by atoms with Crippen molar-refractivity contribution in [2.45, 2.75) is 12.8 Å². The van der Waals surface area contributed by atoms with Gasteiger partial charge >= 0.3 is 0 Å². The van der Waals surface area contributed by atoms with Crippen molar-refractivity contribution in [3.63, 3.8) is 0 Å². The van der Waals surface area contributed by atoms with E-state index in [1.807, 2.05) is 6.07 Å². The van der Waals surface area contributed by atoms with Gasteiger partial charge in [0, 0.05) is 0 Å². The fourth-order valence-electron chi connectivity index (χ4n) is 1.66. The Kier molecular flexibility index (Phi) is 2.39. The van der Waals surface area contributed by atoms with Crippen molar-refractivity contribution in [2.75, 3.05) is 13.7 Å². The summed E-state index contributed by atoms with van der Waals surface area (Å²) in [7, 11) is 1.57. The van der Waals surface area contributed by atoms with Crippen LogP contribution in [0, 0.1) is 0 Å². The van der Waals surface area contributed by atoms with Gasteiger partial charge in [-0.05, 0) is 30.5 Å². The highest BCUT2D eigenvalue weighted by atomic mass is 16.5. The van der Waals surface area contributed by atoms with Gasteiger partial charge in [0.15, 0.2) is 6.29 Å². The second-order valence-electron chi connectivity index (χ2n) is 3.27. The van der Waals surface area contributed by atoms with Crippen LogP contribution in [0.2, 0.25) is 0 Å². The van der Waals surface area contributed by atoms with E-state index < -0.39 is 0 Å². The first-order valence-corrected chi connectivity index (χ1v) is 4.64. The third kappa shape index (κ3) is 1.45. The topological polar surface area (TPSA) is 35.5 Å². The molecule has 0 aromatic heterocycles. The number of aldehydes is 1. The number of carbonyl (C=O) groups is 1. The molecule has 0 unspecified atom stereocenters. The van der Waals surface area contributed by atoms with Crippen molar-refractivity contribution in [1.29, 1.82) is 0 Å². The summed E-state index contributed by atoms with van der Waals surface area (Å²) in [5.41, 5.74) is 1.67. The Morgan fingerprint density at radius 2 is 2.36 bits per heavy atom. The summed E-state index contributed by atoms with van der Waals surface area (Å²) in [5, 5.41) is 0. The lowest BCUT2D eigenvalue weighted by molar-refractivity contribution is 0.112. The van der Waals surface area contributed by atoms with Crippen molar-refractivity contribution < 1.29 is 14.3 Å². The number of benzene rings is 1. The molecule has 2 rings (SSSR count). The molecule has 0 amide bonds. The number of rotatable bonds is 2. The summed E-state index contributed by atoms with van der Waals surface area (Å²) in [5.74, 6) is 1.45. The highest BCUT2D eigenvalue weighted by molar-refractivity contribution is 5.80. The van der Waals surface area contributed by atoms with Gasteiger partial charge in [-0.2, -0.15) is 0 Å². The lowest BCUT2D eigenvalue weighted by atomic mass is 10.0. The molecule has 1 aromatic carbocycles. The maximum Gasteiger partial charge on any atom is 0.153 e. The Morgan fingerprint density at radius 3 is 3.07 bits per heavy atom. The van der Waals surface area contributed by atoms with Crippen molar-refractivity contribution in [3.05, 3.63) is 23.3 Å². The Balaban J connectivity index is 2.48. The molecule has 0 spiro atoms. The van der Waals surface area contributed by atoms with Crippen LogP contribution < -0.4 is 9.47 Å². The molecule has 14 heavy (non-hydrogen) atoms. The van der Waals surface area contributed by atoms with Crippen LogP contribution in [0.4, 0.5) is 0 Å². The zero-order valence-corrected chi connectivity index (χ0v) is 8.08. The Morgan fingerprint density at radius 1 is 1.50 bits per heavy atom. The summed E-state index contributed by atoms with van der Waals surface area (Å²) >= 11 is 0. The third-order valence-corrected chi connectivity index (χ3v) is 2.39. The van der Waals surface area contributed by atoms with E-state index in [1.165, 1.54) is 0 Å². The average molecular weight is 192 g/mol. The van der Waals surface area contributed by atoms with Gasteiger partial charge in [0.2, 0.25) is 0 Å². The molecular weight excluding hydrogens is 180 g/mol.